The summed E-state index contributed by atoms with van der Waals surface area (Å²) in [5.74, 6) is -1.81. The fourth-order valence-electron chi connectivity index (χ4n) is 3.18. The van der Waals surface area contributed by atoms with Gasteiger partial charge >= 0.3 is 0 Å². The third-order valence-corrected chi connectivity index (χ3v) is 4.63. The lowest BCUT2D eigenvalue weighted by molar-refractivity contribution is -0.0901. The molecule has 0 bridgehead atoms. The van der Waals surface area contributed by atoms with Gasteiger partial charge in [-0.05, 0) is 12.1 Å². The smallest absolute Gasteiger partial charge is 0.256 e. The summed E-state index contributed by atoms with van der Waals surface area (Å²) in [6, 6.07) is 4.67. The second-order valence-electron chi connectivity index (χ2n) is 6.69. The Morgan fingerprint density at radius 2 is 2.17 bits per heavy atom. The van der Waals surface area contributed by atoms with Crippen LogP contribution in [0, 0.1) is 0 Å². The van der Waals surface area contributed by atoms with E-state index in [1.807, 2.05) is 0 Å². The Labute approximate surface area is 164 Å². The van der Waals surface area contributed by atoms with Crippen LogP contribution in [0.5, 0.6) is 5.88 Å². The normalized spacial score (nSPS) is 15.6. The van der Waals surface area contributed by atoms with Crippen LogP contribution in [0.2, 0.25) is 0 Å². The second kappa shape index (κ2) is 7.15. The van der Waals surface area contributed by atoms with Crippen molar-refractivity contribution in [3.8, 4) is 5.88 Å². The summed E-state index contributed by atoms with van der Waals surface area (Å²) in [4.78, 5) is 21.2. The first-order valence-corrected chi connectivity index (χ1v) is 8.91. The zero-order valence-electron chi connectivity index (χ0n) is 15.7. The maximum Gasteiger partial charge on any atom is 0.256 e. The van der Waals surface area contributed by atoms with Gasteiger partial charge in [0.1, 0.15) is 22.9 Å². The largest absolute Gasteiger partial charge is 0.480 e. The van der Waals surface area contributed by atoms with E-state index in [4.69, 9.17) is 4.74 Å². The molecule has 1 saturated carbocycles. The Morgan fingerprint density at radius 1 is 1.38 bits per heavy atom. The number of carbonyl (C=O) groups is 1. The van der Waals surface area contributed by atoms with Crippen LogP contribution in [0.1, 0.15) is 23.2 Å². The van der Waals surface area contributed by atoms with Crippen molar-refractivity contribution in [2.45, 2.75) is 24.8 Å². The molecule has 1 fully saturated rings. The van der Waals surface area contributed by atoms with Crippen molar-refractivity contribution >= 4 is 28.9 Å². The van der Waals surface area contributed by atoms with Crippen molar-refractivity contribution in [2.75, 3.05) is 24.8 Å². The predicted molar refractivity (Wildman–Crippen MR) is 102 cm³/mol. The number of amides is 1. The molecule has 1 amide bonds. The number of methoxy groups -OCH3 is 1. The molecule has 0 unspecified atom stereocenters. The summed E-state index contributed by atoms with van der Waals surface area (Å²) in [6.07, 6.45) is 2.24. The highest BCUT2D eigenvalue weighted by Gasteiger charge is 2.46. The quantitative estimate of drug-likeness (QED) is 0.581. The second-order valence-corrected chi connectivity index (χ2v) is 6.69. The minimum atomic E-state index is -2.71. The number of hydrogen-bond donors (Lipinski definition) is 3. The number of alkyl halides is 2. The van der Waals surface area contributed by atoms with E-state index in [0.717, 1.165) is 0 Å². The summed E-state index contributed by atoms with van der Waals surface area (Å²) >= 11 is 0. The van der Waals surface area contributed by atoms with Gasteiger partial charge in [0.05, 0.1) is 13.3 Å². The van der Waals surface area contributed by atoms with Crippen LogP contribution in [0.15, 0.2) is 30.6 Å². The van der Waals surface area contributed by atoms with Crippen molar-refractivity contribution in [3.63, 3.8) is 0 Å². The molecule has 0 spiro atoms. The van der Waals surface area contributed by atoms with Crippen molar-refractivity contribution in [1.82, 2.24) is 24.9 Å². The van der Waals surface area contributed by atoms with E-state index in [1.54, 1.807) is 31.4 Å². The summed E-state index contributed by atoms with van der Waals surface area (Å²) in [5, 5.41) is 12.9. The molecular formula is C18H19F2N7O2. The molecule has 0 aliphatic heterocycles. The summed E-state index contributed by atoms with van der Waals surface area (Å²) in [6.45, 7) is 0. The summed E-state index contributed by atoms with van der Waals surface area (Å²) in [5.41, 5.74) is 1.07. The number of nitrogens with one attached hydrogen (secondary N) is 3. The van der Waals surface area contributed by atoms with E-state index in [-0.39, 0.29) is 24.1 Å². The maximum atomic E-state index is 13.0. The average Bonchev–Trinajstić information content (AvgIpc) is 3.10. The predicted octanol–water partition coefficient (Wildman–Crippen LogP) is 2.45. The zero-order valence-corrected chi connectivity index (χ0v) is 15.7. The van der Waals surface area contributed by atoms with E-state index < -0.39 is 17.9 Å². The third kappa shape index (κ3) is 3.62. The van der Waals surface area contributed by atoms with E-state index in [0.29, 0.717) is 23.2 Å². The van der Waals surface area contributed by atoms with Gasteiger partial charge in [-0.25, -0.2) is 18.7 Å². The van der Waals surface area contributed by atoms with Gasteiger partial charge in [-0.15, -0.1) is 0 Å². The van der Waals surface area contributed by atoms with Crippen LogP contribution >= 0.6 is 0 Å². The molecule has 3 N–H and O–H groups in total. The van der Waals surface area contributed by atoms with E-state index in [2.05, 4.69) is 31.0 Å². The van der Waals surface area contributed by atoms with E-state index in [1.165, 1.54) is 17.8 Å². The number of fused-ring (bicyclic) bond motifs is 1. The van der Waals surface area contributed by atoms with Crippen molar-refractivity contribution in [1.29, 1.82) is 0 Å². The number of pyridine rings is 1. The molecule has 152 valence electrons. The monoisotopic (exact) mass is 403 g/mol. The lowest BCUT2D eigenvalue weighted by Gasteiger charge is -2.35. The average molecular weight is 403 g/mol. The third-order valence-electron chi connectivity index (χ3n) is 4.63. The molecule has 0 saturated heterocycles. The van der Waals surface area contributed by atoms with Crippen molar-refractivity contribution in [2.24, 2.45) is 0 Å². The van der Waals surface area contributed by atoms with Gasteiger partial charge in [-0.1, -0.05) is 0 Å². The number of hydrogen-bond acceptors (Lipinski definition) is 7. The van der Waals surface area contributed by atoms with Gasteiger partial charge in [0.25, 0.3) is 11.8 Å². The number of halogens is 2. The van der Waals surface area contributed by atoms with Gasteiger partial charge in [0, 0.05) is 38.2 Å². The first kappa shape index (κ1) is 18.8. The number of rotatable bonds is 6. The number of ether oxygens (including phenoxy) is 1. The van der Waals surface area contributed by atoms with Crippen LogP contribution in [0.3, 0.4) is 0 Å². The Morgan fingerprint density at radius 3 is 2.86 bits per heavy atom. The Hall–Kier alpha value is -3.50. The summed E-state index contributed by atoms with van der Waals surface area (Å²) < 4.78 is 32.8. The molecule has 0 radical (unpaired) electrons. The van der Waals surface area contributed by atoms with Crippen LogP contribution in [-0.4, -0.2) is 51.6 Å². The number of anilines is 3. The molecular weight excluding hydrogens is 384 g/mol. The first-order chi connectivity index (χ1) is 13.9. The highest BCUT2D eigenvalue weighted by molar-refractivity contribution is 6.00. The Balaban J connectivity index is 1.65. The molecule has 29 heavy (non-hydrogen) atoms. The molecule has 3 heterocycles. The maximum absolute atomic E-state index is 13.0. The summed E-state index contributed by atoms with van der Waals surface area (Å²) in [7, 11) is 3.22. The lowest BCUT2D eigenvalue weighted by atomic mass is 9.88. The fourth-order valence-corrected chi connectivity index (χ4v) is 3.18. The number of carbonyl (C=O) groups excluding carboxylic acids is 1. The molecule has 3 aromatic heterocycles. The fraction of sp³-hybridized carbons (Fsp3) is 0.333. The molecule has 1 aliphatic carbocycles. The lowest BCUT2D eigenvalue weighted by Crippen LogP contribution is -2.50. The van der Waals surface area contributed by atoms with Crippen LogP contribution in [-0.2, 0) is 0 Å². The number of aromatic nitrogens is 4. The molecule has 0 atom stereocenters. The molecule has 9 nitrogen and oxygen atoms in total. The standard InChI is InChI=1S/C18H19F2N7O2/c1-21-14-6-13(25-12-4-3-5-22-17(12)29-2)26-15-11(9-23-27(14)15)16(28)24-10-7-18(19,20)8-10/h3-6,9-10,21H,7-8H2,1-2H3,(H,24,28)(H,25,26). The topological polar surface area (TPSA) is 105 Å². The van der Waals surface area contributed by atoms with Crippen LogP contribution in [0.4, 0.5) is 26.1 Å². The number of nitrogens with zero attached hydrogens (tertiary/aromatic N) is 4. The molecule has 3 aromatic rings. The highest BCUT2D eigenvalue weighted by Crippen LogP contribution is 2.37. The van der Waals surface area contributed by atoms with Gasteiger partial charge in [-0.2, -0.15) is 9.61 Å². The van der Waals surface area contributed by atoms with Crippen LogP contribution < -0.4 is 20.7 Å². The first-order valence-electron chi connectivity index (χ1n) is 8.91. The van der Waals surface area contributed by atoms with Crippen molar-refractivity contribution < 1.29 is 18.3 Å². The molecule has 11 heteroatoms. The van der Waals surface area contributed by atoms with Gasteiger partial charge in [0.2, 0.25) is 5.88 Å². The van der Waals surface area contributed by atoms with Gasteiger partial charge in [-0.3, -0.25) is 4.79 Å². The van der Waals surface area contributed by atoms with Gasteiger partial charge in [0.15, 0.2) is 5.65 Å². The Kier molecular flexibility index (Phi) is 4.65. The minimum absolute atomic E-state index is 0.193. The molecule has 1 aliphatic rings. The molecule has 4 rings (SSSR count). The van der Waals surface area contributed by atoms with Crippen LogP contribution in [0.25, 0.3) is 5.65 Å². The highest BCUT2D eigenvalue weighted by atomic mass is 19.3. The van der Waals surface area contributed by atoms with E-state index in [9.17, 15) is 13.6 Å². The minimum Gasteiger partial charge on any atom is -0.480 e. The van der Waals surface area contributed by atoms with Gasteiger partial charge < -0.3 is 20.7 Å². The molecule has 0 aromatic carbocycles. The Bertz CT molecular complexity index is 1060. The zero-order chi connectivity index (χ0) is 20.6. The SMILES string of the molecule is CNc1cc(Nc2cccnc2OC)nc2c(C(=O)NC3CC(F)(F)C3)cnn12. The van der Waals surface area contributed by atoms with Crippen molar-refractivity contribution in [3.05, 3.63) is 36.2 Å². The van der Waals surface area contributed by atoms with E-state index >= 15 is 0 Å².